The first-order chi connectivity index (χ1) is 24.7. The molecule has 1 amide bonds. The zero-order valence-electron chi connectivity index (χ0n) is 27.2. The number of alkyl halides is 2. The van der Waals surface area contributed by atoms with Crippen LogP contribution in [0.4, 0.5) is 23.4 Å². The van der Waals surface area contributed by atoms with E-state index < -0.39 is 52.1 Å². The van der Waals surface area contributed by atoms with Crippen molar-refractivity contribution in [1.29, 1.82) is 0 Å². The van der Waals surface area contributed by atoms with Gasteiger partial charge in [-0.05, 0) is 48.0 Å². The highest BCUT2D eigenvalue weighted by molar-refractivity contribution is 7.92. The Morgan fingerprint density at radius 2 is 1.75 bits per heavy atom. The molecule has 0 unspecified atom stereocenters. The summed E-state index contributed by atoms with van der Waals surface area (Å²) >= 11 is 6.57. The molecule has 0 radical (unpaired) electrons. The number of nitrogens with zero attached hydrogens (tertiary/aromatic N) is 5. The third-order valence-electron chi connectivity index (χ3n) is 8.40. The van der Waals surface area contributed by atoms with Gasteiger partial charge in [0.1, 0.15) is 29.7 Å². The highest BCUT2D eigenvalue weighted by Gasteiger charge is 2.29. The van der Waals surface area contributed by atoms with Crippen molar-refractivity contribution in [2.45, 2.75) is 25.4 Å². The third kappa shape index (κ3) is 6.48. The Balaban J connectivity index is 1.43. The number of benzene rings is 3. The van der Waals surface area contributed by atoms with Gasteiger partial charge in [0.05, 0.1) is 50.5 Å². The van der Waals surface area contributed by atoms with Crippen LogP contribution in [0.1, 0.15) is 29.5 Å². The minimum Gasteiger partial charge on any atom is -0.344 e. The number of halogens is 5. The number of fused-ring (bicyclic) bond motifs is 3. The third-order valence-corrected chi connectivity index (χ3v) is 9.28. The second kappa shape index (κ2) is 13.1. The first kappa shape index (κ1) is 34.8. The Morgan fingerprint density at radius 1 is 1.02 bits per heavy atom. The predicted molar refractivity (Wildman–Crippen MR) is 186 cm³/mol. The number of rotatable bonds is 10. The van der Waals surface area contributed by atoms with Gasteiger partial charge in [-0.2, -0.15) is 5.10 Å². The molecule has 0 bridgehead atoms. The first-order valence-electron chi connectivity index (χ1n) is 15.5. The molecule has 0 saturated carbocycles. The highest BCUT2D eigenvalue weighted by Crippen LogP contribution is 2.36. The maximum Gasteiger partial charge on any atom is 0.280 e. The van der Waals surface area contributed by atoms with Gasteiger partial charge < -0.3 is 5.32 Å². The Bertz CT molecular complexity index is 2650. The smallest absolute Gasteiger partial charge is 0.280 e. The van der Waals surface area contributed by atoms with Crippen molar-refractivity contribution < 1.29 is 30.8 Å². The summed E-state index contributed by atoms with van der Waals surface area (Å²) in [4.78, 5) is 33.1. The Morgan fingerprint density at radius 3 is 2.46 bits per heavy atom. The van der Waals surface area contributed by atoms with Gasteiger partial charge in [0.2, 0.25) is 15.9 Å². The van der Waals surface area contributed by atoms with Crippen LogP contribution in [0.2, 0.25) is 5.02 Å². The van der Waals surface area contributed by atoms with Crippen molar-refractivity contribution in [3.8, 4) is 16.9 Å². The molecule has 268 valence electrons. The van der Waals surface area contributed by atoms with Crippen LogP contribution in [0.15, 0.2) is 77.6 Å². The molecule has 18 heteroatoms. The van der Waals surface area contributed by atoms with E-state index in [-0.39, 0.29) is 67.4 Å². The molecule has 2 aromatic heterocycles. The fraction of sp³-hybridized carbons (Fsp3) is 0.176. The topological polar surface area (TPSA) is 149 Å². The second-order valence-electron chi connectivity index (χ2n) is 12.1. The molecule has 0 fully saturated rings. The van der Waals surface area contributed by atoms with E-state index in [0.29, 0.717) is 11.8 Å². The molecule has 2 aliphatic rings. The average molecular weight is 755 g/mol. The molecule has 52 heavy (non-hydrogen) atoms. The molecule has 7 rings (SSSR count). The van der Waals surface area contributed by atoms with Gasteiger partial charge in [0.15, 0.2) is 5.82 Å². The maximum absolute atomic E-state index is 14.5. The van der Waals surface area contributed by atoms with Gasteiger partial charge in [-0.15, -0.1) is 0 Å². The fourth-order valence-corrected chi connectivity index (χ4v) is 7.12. The van der Waals surface area contributed by atoms with Crippen LogP contribution in [0.3, 0.4) is 0 Å². The number of amides is 1. The summed E-state index contributed by atoms with van der Waals surface area (Å²) in [5, 5.41) is 10.1. The number of nitrogens with one attached hydrogen (secondary N) is 3. The quantitative estimate of drug-likeness (QED) is 0.149. The summed E-state index contributed by atoms with van der Waals surface area (Å²) in [7, 11) is -2.31. The van der Waals surface area contributed by atoms with Crippen molar-refractivity contribution in [2.75, 3.05) is 11.0 Å². The monoisotopic (exact) mass is 754 g/mol. The lowest BCUT2D eigenvalue weighted by Gasteiger charge is -2.24. The van der Waals surface area contributed by atoms with Crippen molar-refractivity contribution in [3.05, 3.63) is 117 Å². The molecule has 0 spiro atoms. The number of para-hydroxylation sites is 1. The number of carbonyl (C=O) groups is 1. The van der Waals surface area contributed by atoms with Gasteiger partial charge in [-0.1, -0.05) is 35.9 Å². The van der Waals surface area contributed by atoms with E-state index in [0.717, 1.165) is 18.4 Å². The number of aryl methyl sites for hydroxylation is 1. The number of H-pyrrole nitrogens is 1. The summed E-state index contributed by atoms with van der Waals surface area (Å²) < 4.78 is 87.0. The molecule has 5 aromatic rings. The molecule has 3 N–H and O–H groups in total. The van der Waals surface area contributed by atoms with Crippen molar-refractivity contribution in [3.63, 3.8) is 0 Å². The Labute approximate surface area is 297 Å². The van der Waals surface area contributed by atoms with E-state index in [9.17, 15) is 35.6 Å². The second-order valence-corrected chi connectivity index (χ2v) is 14.3. The van der Waals surface area contributed by atoms with Crippen LogP contribution < -0.4 is 15.6 Å². The van der Waals surface area contributed by atoms with Crippen LogP contribution >= 0.6 is 11.6 Å². The summed E-state index contributed by atoms with van der Waals surface area (Å²) in [6.07, 6.45) is -2.19. The molecule has 1 atom stereocenters. The normalized spacial score (nSPS) is 12.7. The zero-order valence-corrected chi connectivity index (χ0v) is 28.7. The minimum absolute atomic E-state index is 0.0765. The standard InChI is InChI=1S/C34H27ClF4N8O4S/c1-45-30-26(11-10-22(35)28(30)32(43-45)44-52(2,50)51)47-33(41-23-8-4-3-6-20(23)34(47)49)24(14-17-12-18(36)15-19(37)13-17)40-27(48)16-46-25-9-5-7-21(25)29(42-46)31(38)39/h3-13,15,24,31,42H,14,16H2,1-2H3,(H,40,48)(H,43,44)/t24-/m0/s1. The number of aromatic amines is 1. The predicted octanol–water partition coefficient (Wildman–Crippen LogP) is 5.85. The van der Waals surface area contributed by atoms with E-state index in [4.69, 9.17) is 16.6 Å². The highest BCUT2D eigenvalue weighted by atomic mass is 35.5. The van der Waals surface area contributed by atoms with Crippen molar-refractivity contribution >= 4 is 55.2 Å². The average Bonchev–Trinajstić information content (AvgIpc) is 3.75. The summed E-state index contributed by atoms with van der Waals surface area (Å²) in [6, 6.07) is 15.5. The molecule has 3 aromatic carbocycles. The molecule has 3 heterocycles. The van der Waals surface area contributed by atoms with Gasteiger partial charge in [0, 0.05) is 25.1 Å². The lowest BCUT2D eigenvalue weighted by molar-refractivity contribution is -0.122. The van der Waals surface area contributed by atoms with E-state index in [1.807, 2.05) is 0 Å². The van der Waals surface area contributed by atoms with Crippen LogP contribution in [0, 0.1) is 11.6 Å². The Kier molecular flexibility index (Phi) is 8.78. The molecule has 1 aliphatic carbocycles. The van der Waals surface area contributed by atoms with Gasteiger partial charge in [-0.25, -0.2) is 31.0 Å². The van der Waals surface area contributed by atoms with Crippen molar-refractivity contribution in [1.82, 2.24) is 34.4 Å². The van der Waals surface area contributed by atoms with Crippen LogP contribution in [0.5, 0.6) is 0 Å². The SMILES string of the molecule is Cn1nc(NS(C)(=O)=O)c2c(Cl)ccc(-n3c([C@H](Cc4cc(F)cc(F)c4)NC(=O)Cn4[nH]c(C(F)F)c5cccc4-5)nc4ccccc4c3=O)c21. The van der Waals surface area contributed by atoms with Crippen LogP contribution in [0.25, 0.3) is 38.8 Å². The first-order valence-corrected chi connectivity index (χ1v) is 17.8. The summed E-state index contributed by atoms with van der Waals surface area (Å²) in [5.41, 5.74) is 0.268. The van der Waals surface area contributed by atoms with Crippen molar-refractivity contribution in [2.24, 2.45) is 7.05 Å². The number of anilines is 1. The maximum atomic E-state index is 14.5. The van der Waals surface area contributed by atoms with Crippen LogP contribution in [-0.2, 0) is 34.8 Å². The van der Waals surface area contributed by atoms with Gasteiger partial charge >= 0.3 is 0 Å². The van der Waals surface area contributed by atoms with Crippen LogP contribution in [-0.4, -0.2) is 49.7 Å². The van der Waals surface area contributed by atoms with E-state index in [2.05, 4.69) is 20.2 Å². The fourth-order valence-electron chi connectivity index (χ4n) is 6.39. The number of carbonyl (C=O) groups excluding carboxylic acids is 1. The largest absolute Gasteiger partial charge is 0.344 e. The minimum atomic E-state index is -3.82. The summed E-state index contributed by atoms with van der Waals surface area (Å²) in [6.45, 7) is -0.480. The lowest BCUT2D eigenvalue weighted by Crippen LogP contribution is -2.37. The number of aromatic nitrogens is 6. The molecule has 12 nitrogen and oxygen atoms in total. The zero-order chi connectivity index (χ0) is 37.1. The number of hydrogen-bond donors (Lipinski definition) is 3. The Hall–Kier alpha value is -5.68. The van der Waals surface area contributed by atoms with E-state index in [1.165, 1.54) is 39.2 Å². The molecular formula is C34H27ClF4N8O4S. The number of hydrogen-bond acceptors (Lipinski definition) is 6. The van der Waals surface area contributed by atoms with E-state index >= 15 is 0 Å². The molecule has 0 saturated heterocycles. The number of sulfonamides is 1. The molecule has 1 aliphatic heterocycles. The van der Waals surface area contributed by atoms with E-state index in [1.54, 1.807) is 36.4 Å². The lowest BCUT2D eigenvalue weighted by atomic mass is 10.0. The van der Waals surface area contributed by atoms with Gasteiger partial charge in [-0.3, -0.25) is 33.3 Å². The van der Waals surface area contributed by atoms with Gasteiger partial charge in [0.25, 0.3) is 12.0 Å². The summed E-state index contributed by atoms with van der Waals surface area (Å²) in [5.74, 6) is -2.67. The molecular weight excluding hydrogens is 728 g/mol.